The van der Waals surface area contributed by atoms with Crippen molar-refractivity contribution in [3.05, 3.63) is 54.2 Å². The smallest absolute Gasteiger partial charge is 0.232 e. The third kappa shape index (κ3) is 2.20. The van der Waals surface area contributed by atoms with Gasteiger partial charge in [0.05, 0.1) is 17.5 Å². The molecule has 0 spiro atoms. The zero-order valence-corrected chi connectivity index (χ0v) is 11.5. The van der Waals surface area contributed by atoms with Gasteiger partial charge in [0.25, 0.3) is 0 Å². The number of para-hydroxylation sites is 3. The van der Waals surface area contributed by atoms with E-state index in [4.69, 9.17) is 4.52 Å². The summed E-state index contributed by atoms with van der Waals surface area (Å²) < 4.78 is 5.19. The van der Waals surface area contributed by atoms with Crippen LogP contribution in [0.1, 0.15) is 5.69 Å². The maximum Gasteiger partial charge on any atom is 0.232 e. The fraction of sp³-hybridized carbons (Fsp3) is 0.0625. The highest BCUT2D eigenvalue weighted by molar-refractivity contribution is 5.94. The number of carbonyl (C=O) groups excluding carboxylic acids is 1. The molecule has 2 N–H and O–H groups in total. The number of hydrogen-bond acceptors (Lipinski definition) is 4. The maximum atomic E-state index is 12.1. The van der Waals surface area contributed by atoms with Crippen LogP contribution in [0.15, 0.2) is 53.1 Å². The molecule has 0 bridgehead atoms. The lowest BCUT2D eigenvalue weighted by Gasteiger charge is -1.99. The molecule has 6 nitrogen and oxygen atoms in total. The third-order valence-corrected chi connectivity index (χ3v) is 3.43. The van der Waals surface area contributed by atoms with Crippen LogP contribution in [0.25, 0.3) is 22.0 Å². The Morgan fingerprint density at radius 3 is 2.86 bits per heavy atom. The van der Waals surface area contributed by atoms with Crippen molar-refractivity contribution in [3.63, 3.8) is 0 Å². The zero-order valence-electron chi connectivity index (χ0n) is 11.5. The van der Waals surface area contributed by atoms with E-state index >= 15 is 0 Å². The standard InChI is InChI=1S/C16H12N4O2/c21-15(9-13-10-5-1-4-8-14(10)22-20-13)19-16-17-11-6-2-3-7-12(11)18-16/h1-8H,9H2,(H2,17,18,19,21). The van der Waals surface area contributed by atoms with E-state index in [1.54, 1.807) is 0 Å². The molecule has 0 aliphatic carbocycles. The number of aromatic nitrogens is 3. The van der Waals surface area contributed by atoms with Crippen LogP contribution in [0.3, 0.4) is 0 Å². The summed E-state index contributed by atoms with van der Waals surface area (Å²) in [5.41, 5.74) is 2.98. The lowest BCUT2D eigenvalue weighted by atomic mass is 10.2. The van der Waals surface area contributed by atoms with Crippen molar-refractivity contribution in [1.82, 2.24) is 15.1 Å². The first kappa shape index (κ1) is 12.6. The van der Waals surface area contributed by atoms with Crippen LogP contribution in [0.2, 0.25) is 0 Å². The molecule has 0 fully saturated rings. The molecule has 4 aromatic rings. The Morgan fingerprint density at radius 2 is 1.95 bits per heavy atom. The maximum absolute atomic E-state index is 12.1. The van der Waals surface area contributed by atoms with Gasteiger partial charge in [0.2, 0.25) is 11.9 Å². The van der Waals surface area contributed by atoms with E-state index < -0.39 is 0 Å². The summed E-state index contributed by atoms with van der Waals surface area (Å²) in [6.45, 7) is 0. The molecule has 0 saturated heterocycles. The van der Waals surface area contributed by atoms with E-state index in [-0.39, 0.29) is 12.3 Å². The van der Waals surface area contributed by atoms with Crippen molar-refractivity contribution >= 4 is 33.9 Å². The van der Waals surface area contributed by atoms with Crippen molar-refractivity contribution < 1.29 is 9.32 Å². The molecule has 0 atom stereocenters. The van der Waals surface area contributed by atoms with Gasteiger partial charge in [-0.15, -0.1) is 0 Å². The molecule has 22 heavy (non-hydrogen) atoms. The third-order valence-electron chi connectivity index (χ3n) is 3.43. The van der Waals surface area contributed by atoms with E-state index in [1.165, 1.54) is 0 Å². The summed E-state index contributed by atoms with van der Waals surface area (Å²) in [7, 11) is 0. The predicted molar refractivity (Wildman–Crippen MR) is 82.4 cm³/mol. The first-order valence-corrected chi connectivity index (χ1v) is 6.87. The second-order valence-electron chi connectivity index (χ2n) is 4.95. The van der Waals surface area contributed by atoms with Crippen molar-refractivity contribution in [1.29, 1.82) is 0 Å². The first-order chi connectivity index (χ1) is 10.8. The Bertz CT molecular complexity index is 937. The monoisotopic (exact) mass is 292 g/mol. The molecule has 0 aliphatic rings. The van der Waals surface area contributed by atoms with Crippen LogP contribution in [0.5, 0.6) is 0 Å². The molecular weight excluding hydrogens is 280 g/mol. The zero-order chi connectivity index (χ0) is 14.9. The molecule has 2 heterocycles. The molecule has 4 rings (SSSR count). The van der Waals surface area contributed by atoms with Crippen LogP contribution in [-0.4, -0.2) is 21.0 Å². The number of nitrogens with one attached hydrogen (secondary N) is 2. The Hall–Kier alpha value is -3.15. The van der Waals surface area contributed by atoms with Crippen molar-refractivity contribution in [2.75, 3.05) is 5.32 Å². The van der Waals surface area contributed by atoms with Gasteiger partial charge in [0.1, 0.15) is 5.69 Å². The van der Waals surface area contributed by atoms with Gasteiger partial charge in [0, 0.05) is 5.39 Å². The highest BCUT2D eigenvalue weighted by Crippen LogP contribution is 2.19. The van der Waals surface area contributed by atoms with Gasteiger partial charge >= 0.3 is 0 Å². The van der Waals surface area contributed by atoms with Gasteiger partial charge in [-0.2, -0.15) is 0 Å². The SMILES string of the molecule is O=C(Cc1noc2ccccc12)Nc1nc2ccccc2[nH]1. The number of fused-ring (bicyclic) bond motifs is 2. The van der Waals surface area contributed by atoms with E-state index in [0.717, 1.165) is 16.4 Å². The highest BCUT2D eigenvalue weighted by atomic mass is 16.5. The number of amides is 1. The Kier molecular flexibility index (Phi) is 2.86. The lowest BCUT2D eigenvalue weighted by Crippen LogP contribution is -2.15. The minimum absolute atomic E-state index is 0.133. The fourth-order valence-corrected chi connectivity index (χ4v) is 2.41. The van der Waals surface area contributed by atoms with Gasteiger partial charge in [-0.05, 0) is 24.3 Å². The van der Waals surface area contributed by atoms with Gasteiger partial charge in [-0.25, -0.2) is 4.98 Å². The predicted octanol–water partition coefficient (Wildman–Crippen LogP) is 2.89. The topological polar surface area (TPSA) is 83.8 Å². The number of aromatic amines is 1. The molecule has 2 aromatic heterocycles. The molecule has 0 aliphatic heterocycles. The number of hydrogen-bond donors (Lipinski definition) is 2. The number of nitrogens with zero attached hydrogens (tertiary/aromatic N) is 2. The fourth-order valence-electron chi connectivity index (χ4n) is 2.41. The largest absolute Gasteiger partial charge is 0.356 e. The Labute approximate surface area is 125 Å². The molecule has 0 unspecified atom stereocenters. The van der Waals surface area contributed by atoms with Crippen LogP contribution in [0.4, 0.5) is 5.95 Å². The number of rotatable bonds is 3. The lowest BCUT2D eigenvalue weighted by molar-refractivity contribution is -0.115. The van der Waals surface area contributed by atoms with Crippen molar-refractivity contribution in [2.45, 2.75) is 6.42 Å². The van der Waals surface area contributed by atoms with E-state index in [2.05, 4.69) is 20.4 Å². The quantitative estimate of drug-likeness (QED) is 0.608. The second kappa shape index (κ2) is 5.00. The molecule has 108 valence electrons. The summed E-state index contributed by atoms with van der Waals surface area (Å²) in [4.78, 5) is 19.5. The van der Waals surface area contributed by atoms with Crippen molar-refractivity contribution in [3.8, 4) is 0 Å². The van der Waals surface area contributed by atoms with E-state index in [1.807, 2.05) is 48.5 Å². The summed E-state index contributed by atoms with van der Waals surface area (Å²) in [5.74, 6) is 0.233. The number of benzene rings is 2. The minimum Gasteiger partial charge on any atom is -0.356 e. The summed E-state index contributed by atoms with van der Waals surface area (Å²) >= 11 is 0. The van der Waals surface area contributed by atoms with Gasteiger partial charge < -0.3 is 9.51 Å². The van der Waals surface area contributed by atoms with Crippen LogP contribution >= 0.6 is 0 Å². The van der Waals surface area contributed by atoms with Gasteiger partial charge in [-0.3, -0.25) is 10.1 Å². The molecule has 1 amide bonds. The number of H-pyrrole nitrogens is 1. The number of carbonyl (C=O) groups is 1. The average Bonchev–Trinajstić information content (AvgIpc) is 3.11. The first-order valence-electron chi connectivity index (χ1n) is 6.87. The molecule has 0 radical (unpaired) electrons. The van der Waals surface area contributed by atoms with Gasteiger partial charge in [0.15, 0.2) is 5.58 Å². The molecule has 0 saturated carbocycles. The van der Waals surface area contributed by atoms with Crippen LogP contribution in [-0.2, 0) is 11.2 Å². The molecule has 2 aromatic carbocycles. The molecular formula is C16H12N4O2. The Balaban J connectivity index is 1.55. The summed E-state index contributed by atoms with van der Waals surface area (Å²) in [5, 5.41) is 7.55. The average molecular weight is 292 g/mol. The Morgan fingerprint density at radius 1 is 1.14 bits per heavy atom. The van der Waals surface area contributed by atoms with E-state index in [9.17, 15) is 4.79 Å². The number of anilines is 1. The molecule has 6 heteroatoms. The highest BCUT2D eigenvalue weighted by Gasteiger charge is 2.13. The van der Waals surface area contributed by atoms with Crippen LogP contribution < -0.4 is 5.32 Å². The van der Waals surface area contributed by atoms with Gasteiger partial charge in [-0.1, -0.05) is 29.4 Å². The minimum atomic E-state index is -0.196. The summed E-state index contributed by atoms with van der Waals surface area (Å²) in [6, 6.07) is 15.1. The van der Waals surface area contributed by atoms with E-state index in [0.29, 0.717) is 17.2 Å². The number of imidazole rings is 1. The van der Waals surface area contributed by atoms with Crippen LogP contribution in [0, 0.1) is 0 Å². The van der Waals surface area contributed by atoms with Crippen molar-refractivity contribution in [2.24, 2.45) is 0 Å². The summed E-state index contributed by atoms with van der Waals surface area (Å²) in [6.07, 6.45) is 0.133. The second-order valence-corrected chi connectivity index (χ2v) is 4.95. The normalized spacial score (nSPS) is 11.1.